The van der Waals surface area contributed by atoms with Crippen LogP contribution in [0.4, 0.5) is 21.9 Å². The molecule has 12 nitrogen and oxygen atoms in total. The number of carbonyl (C=O) groups is 4. The predicted octanol–water partition coefficient (Wildman–Crippen LogP) is 3.60. The van der Waals surface area contributed by atoms with Gasteiger partial charge in [-0.1, -0.05) is 36.4 Å². The quantitative estimate of drug-likeness (QED) is 0.282. The summed E-state index contributed by atoms with van der Waals surface area (Å²) in [7, 11) is 5.17. The Labute approximate surface area is 298 Å². The Kier molecular flexibility index (Phi) is 10.3. The molecule has 7 rings (SSSR count). The number of likely N-dealkylation sites (N-methyl/N-ethyl adjacent to an activating group) is 2. The number of imide groups is 1. The maximum absolute atomic E-state index is 14.5. The minimum Gasteiger partial charge on any atom is -0.465 e. The lowest BCUT2D eigenvalue weighted by Crippen LogP contribution is -2.52. The summed E-state index contributed by atoms with van der Waals surface area (Å²) in [5, 5.41) is 6.87. The van der Waals surface area contributed by atoms with Crippen molar-refractivity contribution in [1.29, 1.82) is 0 Å². The van der Waals surface area contributed by atoms with Crippen LogP contribution in [0.25, 0.3) is 11.3 Å². The third-order valence-corrected chi connectivity index (χ3v) is 10.0. The van der Waals surface area contributed by atoms with E-state index in [9.17, 15) is 19.2 Å². The first-order chi connectivity index (χ1) is 23.7. The van der Waals surface area contributed by atoms with Crippen molar-refractivity contribution in [3.63, 3.8) is 0 Å². The van der Waals surface area contributed by atoms with Gasteiger partial charge in [-0.05, 0) is 55.4 Å². The van der Waals surface area contributed by atoms with Crippen LogP contribution in [0.15, 0.2) is 72.8 Å². The van der Waals surface area contributed by atoms with E-state index in [1.54, 1.807) is 35.0 Å². The Balaban J connectivity index is 0.00000432. The third-order valence-electron chi connectivity index (χ3n) is 10.0. The van der Waals surface area contributed by atoms with Crippen molar-refractivity contribution in [3.8, 4) is 0 Å². The highest BCUT2D eigenvalue weighted by atomic mass is 35.5. The van der Waals surface area contributed by atoms with Gasteiger partial charge < -0.3 is 30.1 Å². The number of nitrogens with one attached hydrogen (secondary N) is 2. The fourth-order valence-corrected chi connectivity index (χ4v) is 7.11. The molecule has 2 atom stereocenters. The maximum atomic E-state index is 14.5. The Morgan fingerprint density at radius 1 is 0.960 bits per heavy atom. The molecule has 0 radical (unpaired) electrons. The lowest BCUT2D eigenvalue weighted by atomic mass is 9.99. The number of carbonyl (C=O) groups excluding carboxylic acids is 4. The first kappa shape index (κ1) is 35.1. The van der Waals surface area contributed by atoms with Gasteiger partial charge in [-0.25, -0.2) is 14.5 Å². The van der Waals surface area contributed by atoms with Crippen LogP contribution in [-0.4, -0.2) is 118 Å². The van der Waals surface area contributed by atoms with Gasteiger partial charge in [0.15, 0.2) is 0 Å². The highest BCUT2D eigenvalue weighted by Crippen LogP contribution is 2.43. The number of piperazine rings is 2. The maximum Gasteiger partial charge on any atom is 0.337 e. The van der Waals surface area contributed by atoms with Crippen LogP contribution in [0.2, 0.25) is 0 Å². The van der Waals surface area contributed by atoms with Crippen molar-refractivity contribution in [2.24, 2.45) is 0 Å². The first-order valence-electron chi connectivity index (χ1n) is 16.7. The number of hydrogen-bond acceptors (Lipinski definition) is 9. The molecule has 4 heterocycles. The van der Waals surface area contributed by atoms with Gasteiger partial charge in [0.1, 0.15) is 0 Å². The molecule has 3 aromatic carbocycles. The van der Waals surface area contributed by atoms with Crippen LogP contribution in [0, 0.1) is 0 Å². The number of halogens is 1. The predicted molar refractivity (Wildman–Crippen MR) is 195 cm³/mol. The average molecular weight is 700 g/mol. The summed E-state index contributed by atoms with van der Waals surface area (Å²) in [5.74, 6) is -1.02. The van der Waals surface area contributed by atoms with Gasteiger partial charge in [-0.15, -0.1) is 12.4 Å². The van der Waals surface area contributed by atoms with Gasteiger partial charge in [0.25, 0.3) is 5.91 Å². The minimum atomic E-state index is -0.557. The van der Waals surface area contributed by atoms with Gasteiger partial charge in [0.2, 0.25) is 5.91 Å². The summed E-state index contributed by atoms with van der Waals surface area (Å²) in [6.07, 6.45) is 0.842. The topological polar surface area (TPSA) is 118 Å². The molecule has 3 saturated heterocycles. The Morgan fingerprint density at radius 3 is 2.32 bits per heavy atom. The van der Waals surface area contributed by atoms with Crippen LogP contribution in [-0.2, 0) is 14.3 Å². The zero-order chi connectivity index (χ0) is 34.2. The molecule has 50 heavy (non-hydrogen) atoms. The first-order valence-corrected chi connectivity index (χ1v) is 16.7. The summed E-state index contributed by atoms with van der Waals surface area (Å²) >= 11 is 0. The number of benzene rings is 3. The number of amides is 4. The van der Waals surface area contributed by atoms with E-state index in [2.05, 4.69) is 27.5 Å². The van der Waals surface area contributed by atoms with E-state index in [0.29, 0.717) is 47.8 Å². The molecule has 0 spiro atoms. The fourth-order valence-electron chi connectivity index (χ4n) is 7.11. The second-order valence-electron chi connectivity index (χ2n) is 13.1. The third kappa shape index (κ3) is 6.71. The molecule has 0 aromatic heterocycles. The number of esters is 1. The second-order valence-corrected chi connectivity index (χ2v) is 13.1. The van der Waals surface area contributed by atoms with Gasteiger partial charge in [0, 0.05) is 75.3 Å². The number of rotatable bonds is 7. The van der Waals surface area contributed by atoms with Crippen LogP contribution >= 0.6 is 12.4 Å². The van der Waals surface area contributed by atoms with E-state index < -0.39 is 17.9 Å². The molecule has 13 heteroatoms. The molecule has 2 N–H and O–H groups in total. The molecule has 0 saturated carbocycles. The van der Waals surface area contributed by atoms with E-state index >= 15 is 0 Å². The Bertz CT molecular complexity index is 1810. The molecular formula is C37H42ClN7O5. The number of methoxy groups -OCH3 is 1. The summed E-state index contributed by atoms with van der Waals surface area (Å²) in [4.78, 5) is 63.4. The van der Waals surface area contributed by atoms with Gasteiger partial charge in [-0.3, -0.25) is 14.5 Å². The van der Waals surface area contributed by atoms with E-state index in [0.717, 1.165) is 43.9 Å². The minimum absolute atomic E-state index is 0. The standard InChI is InChI=1S/C37H41N7O5.ClH/c1-40-15-17-42(18-16-40)23-32(45)41(2)28-12-10-26(11-13-28)39-34(24-7-5-4-6-8-24)33-30-14-9-25(36(47)49-3)19-31(30)44(35(33)46)37(48)43-22-27-20-29(43)21-38-27;/h4-14,19,27,29,38-39H,15-18,20-23H2,1-3H3;1H/b34-33-;/t27-,29-;/m0./s1. The van der Waals surface area contributed by atoms with Crippen molar-refractivity contribution in [2.75, 3.05) is 82.1 Å². The monoisotopic (exact) mass is 699 g/mol. The van der Waals surface area contributed by atoms with Crippen molar-refractivity contribution in [2.45, 2.75) is 18.5 Å². The average Bonchev–Trinajstić information content (AvgIpc) is 3.84. The van der Waals surface area contributed by atoms with Crippen LogP contribution in [0.3, 0.4) is 0 Å². The second kappa shape index (κ2) is 14.6. The lowest BCUT2D eigenvalue weighted by Gasteiger charge is -2.32. The zero-order valence-electron chi connectivity index (χ0n) is 28.4. The number of likely N-dealkylation sites (tertiary alicyclic amines) is 1. The number of ether oxygens (including phenoxy) is 1. The molecule has 4 aliphatic heterocycles. The largest absolute Gasteiger partial charge is 0.465 e. The Hall–Kier alpha value is -4.75. The summed E-state index contributed by atoms with van der Waals surface area (Å²) in [6.45, 7) is 5.17. The lowest BCUT2D eigenvalue weighted by molar-refractivity contribution is -0.119. The zero-order valence-corrected chi connectivity index (χ0v) is 29.2. The number of hydrogen-bond donors (Lipinski definition) is 2. The molecular weight excluding hydrogens is 658 g/mol. The van der Waals surface area contributed by atoms with E-state index in [4.69, 9.17) is 4.74 Å². The van der Waals surface area contributed by atoms with Crippen molar-refractivity contribution >= 4 is 64.6 Å². The summed E-state index contributed by atoms with van der Waals surface area (Å²) in [6, 6.07) is 21.6. The number of urea groups is 1. The van der Waals surface area contributed by atoms with E-state index in [1.165, 1.54) is 12.0 Å². The summed E-state index contributed by atoms with van der Waals surface area (Å²) in [5.41, 5.74) is 4.15. The molecule has 4 amide bonds. The SMILES string of the molecule is COC(=O)c1ccc2c(c1)N(C(=O)N1C[C@@H]3C[C@H]1CN3)C(=O)/C2=C(\Nc1ccc(N(C)C(=O)CN2CCN(C)CC2)cc1)c1ccccc1.Cl. The normalized spacial score (nSPS) is 21.1. The van der Waals surface area contributed by atoms with Crippen LogP contribution in [0.1, 0.15) is 27.9 Å². The van der Waals surface area contributed by atoms with Crippen molar-refractivity contribution in [1.82, 2.24) is 20.0 Å². The van der Waals surface area contributed by atoms with Crippen LogP contribution < -0.4 is 20.4 Å². The van der Waals surface area contributed by atoms with Gasteiger partial charge in [0.05, 0.1) is 36.2 Å². The van der Waals surface area contributed by atoms with Gasteiger partial charge in [-0.2, -0.15) is 0 Å². The summed E-state index contributed by atoms with van der Waals surface area (Å²) < 4.78 is 4.97. The van der Waals surface area contributed by atoms with Crippen molar-refractivity contribution in [3.05, 3.63) is 89.5 Å². The highest BCUT2D eigenvalue weighted by molar-refractivity contribution is 6.44. The number of fused-ring (bicyclic) bond motifs is 3. The molecule has 0 aliphatic carbocycles. The molecule has 262 valence electrons. The van der Waals surface area contributed by atoms with Crippen LogP contribution in [0.5, 0.6) is 0 Å². The molecule has 3 fully saturated rings. The fraction of sp³-hybridized carbons (Fsp3) is 0.351. The number of nitrogens with zero attached hydrogens (tertiary/aromatic N) is 5. The van der Waals surface area contributed by atoms with E-state index in [1.807, 2.05) is 54.6 Å². The molecule has 4 aliphatic rings. The highest BCUT2D eigenvalue weighted by Gasteiger charge is 2.47. The molecule has 3 aromatic rings. The smallest absolute Gasteiger partial charge is 0.337 e. The van der Waals surface area contributed by atoms with Crippen molar-refractivity contribution < 1.29 is 23.9 Å². The van der Waals surface area contributed by atoms with E-state index in [-0.39, 0.29) is 36.0 Å². The molecule has 2 bridgehead atoms. The molecule has 0 unspecified atom stereocenters. The van der Waals surface area contributed by atoms with Gasteiger partial charge >= 0.3 is 12.0 Å². The Morgan fingerprint density at radius 2 is 1.68 bits per heavy atom. The number of anilines is 3.